The number of hydrogen-bond acceptors (Lipinski definition) is 1. The van der Waals surface area contributed by atoms with Crippen LogP contribution in [0.3, 0.4) is 0 Å². The zero-order chi connectivity index (χ0) is 8.16. The molecule has 0 unspecified atom stereocenters. The Labute approximate surface area is 69.2 Å². The minimum absolute atomic E-state index is 0.160. The Balaban J connectivity index is 1.98. The van der Waals surface area contributed by atoms with Crippen molar-refractivity contribution in [1.82, 2.24) is 0 Å². The second kappa shape index (κ2) is 3.89. The molecule has 64 valence electrons. The van der Waals surface area contributed by atoms with Gasteiger partial charge in [0.1, 0.15) is 6.29 Å². The van der Waals surface area contributed by atoms with E-state index in [9.17, 15) is 4.79 Å². The molecule has 0 radical (unpaired) electrons. The van der Waals surface area contributed by atoms with Crippen LogP contribution in [0, 0.1) is 5.41 Å². The van der Waals surface area contributed by atoms with Gasteiger partial charge in [-0.25, -0.2) is 0 Å². The Kier molecular flexibility index (Phi) is 3.10. The molecule has 0 aromatic heterocycles. The summed E-state index contributed by atoms with van der Waals surface area (Å²) >= 11 is 0. The summed E-state index contributed by atoms with van der Waals surface area (Å²) < 4.78 is 0. The molecule has 1 fully saturated rings. The van der Waals surface area contributed by atoms with Crippen LogP contribution in [-0.4, -0.2) is 6.29 Å². The summed E-state index contributed by atoms with van der Waals surface area (Å²) in [5, 5.41) is 0. The highest BCUT2D eigenvalue weighted by atomic mass is 16.1. The van der Waals surface area contributed by atoms with E-state index in [0.717, 1.165) is 19.3 Å². The van der Waals surface area contributed by atoms with Gasteiger partial charge in [-0.05, 0) is 19.3 Å². The summed E-state index contributed by atoms with van der Waals surface area (Å²) in [6.07, 6.45) is 9.82. The first-order valence-corrected chi connectivity index (χ1v) is 4.79. The lowest BCUT2D eigenvalue weighted by Crippen LogP contribution is -2.00. The normalized spacial score (nSPS) is 19.7. The van der Waals surface area contributed by atoms with Gasteiger partial charge in [-0.3, -0.25) is 0 Å². The maximum absolute atomic E-state index is 10.6. The van der Waals surface area contributed by atoms with Crippen LogP contribution in [0.2, 0.25) is 0 Å². The Bertz CT molecular complexity index is 125. The minimum atomic E-state index is 0.160. The van der Waals surface area contributed by atoms with Crippen LogP contribution in [0.25, 0.3) is 0 Å². The zero-order valence-electron chi connectivity index (χ0n) is 7.44. The molecule has 1 saturated carbocycles. The van der Waals surface area contributed by atoms with Crippen molar-refractivity contribution in [1.29, 1.82) is 0 Å². The van der Waals surface area contributed by atoms with Crippen molar-refractivity contribution in [2.75, 3.05) is 0 Å². The molecule has 0 atom stereocenters. The van der Waals surface area contributed by atoms with Crippen LogP contribution < -0.4 is 0 Å². The summed E-state index contributed by atoms with van der Waals surface area (Å²) in [4.78, 5) is 10.6. The Morgan fingerprint density at radius 3 is 2.45 bits per heavy atom. The van der Waals surface area contributed by atoms with Crippen LogP contribution in [0.5, 0.6) is 0 Å². The fourth-order valence-electron chi connectivity index (χ4n) is 1.49. The van der Waals surface area contributed by atoms with Crippen molar-refractivity contribution in [3.63, 3.8) is 0 Å². The van der Waals surface area contributed by atoms with Crippen molar-refractivity contribution >= 4 is 6.29 Å². The summed E-state index contributed by atoms with van der Waals surface area (Å²) in [7, 11) is 0. The van der Waals surface area contributed by atoms with Crippen LogP contribution in [0.15, 0.2) is 0 Å². The molecule has 0 bridgehead atoms. The molecule has 1 nitrogen and oxygen atoms in total. The first-order valence-electron chi connectivity index (χ1n) is 4.79. The number of rotatable bonds is 6. The molecule has 0 N–H and O–H groups in total. The van der Waals surface area contributed by atoms with E-state index in [1.165, 1.54) is 32.0 Å². The maximum Gasteiger partial charge on any atom is 0.126 e. The molecule has 0 amide bonds. The van der Waals surface area contributed by atoms with Gasteiger partial charge < -0.3 is 4.79 Å². The van der Waals surface area contributed by atoms with Gasteiger partial charge in [0.15, 0.2) is 0 Å². The summed E-state index contributed by atoms with van der Waals surface area (Å²) in [6.45, 7) is 2.21. The maximum atomic E-state index is 10.6. The molecule has 1 aliphatic rings. The molecule has 0 aliphatic heterocycles. The molecule has 0 aromatic rings. The van der Waals surface area contributed by atoms with Crippen molar-refractivity contribution in [3.8, 4) is 0 Å². The van der Waals surface area contributed by atoms with Crippen molar-refractivity contribution in [3.05, 3.63) is 0 Å². The molecule has 0 aromatic carbocycles. The number of carbonyl (C=O) groups excluding carboxylic acids is 1. The van der Waals surface area contributed by atoms with E-state index in [-0.39, 0.29) is 5.41 Å². The van der Waals surface area contributed by atoms with Gasteiger partial charge in [0.2, 0.25) is 0 Å². The number of hydrogen-bond donors (Lipinski definition) is 0. The van der Waals surface area contributed by atoms with Gasteiger partial charge in [0, 0.05) is 5.41 Å². The Morgan fingerprint density at radius 2 is 2.00 bits per heavy atom. The van der Waals surface area contributed by atoms with E-state index >= 15 is 0 Å². The molecule has 0 heterocycles. The number of unbranched alkanes of at least 4 members (excludes halogenated alkanes) is 3. The van der Waals surface area contributed by atoms with E-state index in [2.05, 4.69) is 6.92 Å². The molecule has 1 heteroatoms. The number of carbonyl (C=O) groups is 1. The average molecular weight is 154 g/mol. The Morgan fingerprint density at radius 1 is 1.27 bits per heavy atom. The average Bonchev–Trinajstić information content (AvgIpc) is 2.80. The predicted molar refractivity (Wildman–Crippen MR) is 46.5 cm³/mol. The molecule has 1 rings (SSSR count). The highest BCUT2D eigenvalue weighted by Crippen LogP contribution is 2.47. The molecule has 1 aliphatic carbocycles. The van der Waals surface area contributed by atoms with Gasteiger partial charge in [0.25, 0.3) is 0 Å². The highest BCUT2D eigenvalue weighted by molar-refractivity contribution is 5.63. The standard InChI is InChI=1S/C10H18O/c1-2-3-4-5-6-10(9-11)7-8-10/h9H,2-8H2,1H3. The number of aldehydes is 1. The van der Waals surface area contributed by atoms with Gasteiger partial charge in [-0.15, -0.1) is 0 Å². The van der Waals surface area contributed by atoms with Crippen molar-refractivity contribution < 1.29 is 4.79 Å². The third-order valence-corrected chi connectivity index (χ3v) is 2.67. The topological polar surface area (TPSA) is 17.1 Å². The van der Waals surface area contributed by atoms with Gasteiger partial charge in [0.05, 0.1) is 0 Å². The van der Waals surface area contributed by atoms with Crippen molar-refractivity contribution in [2.24, 2.45) is 5.41 Å². The highest BCUT2D eigenvalue weighted by Gasteiger charge is 2.41. The first-order chi connectivity index (χ1) is 5.33. The van der Waals surface area contributed by atoms with E-state index in [1.54, 1.807) is 0 Å². The lowest BCUT2D eigenvalue weighted by molar-refractivity contribution is -0.112. The third-order valence-electron chi connectivity index (χ3n) is 2.67. The third kappa shape index (κ3) is 2.64. The van der Waals surface area contributed by atoms with E-state index < -0.39 is 0 Å². The van der Waals surface area contributed by atoms with Crippen LogP contribution in [-0.2, 0) is 4.79 Å². The van der Waals surface area contributed by atoms with E-state index in [1.807, 2.05) is 0 Å². The molecule has 0 saturated heterocycles. The van der Waals surface area contributed by atoms with Gasteiger partial charge in [-0.2, -0.15) is 0 Å². The smallest absolute Gasteiger partial charge is 0.126 e. The molecular weight excluding hydrogens is 136 g/mol. The second-order valence-corrected chi connectivity index (χ2v) is 3.79. The molecule has 0 spiro atoms. The van der Waals surface area contributed by atoms with E-state index in [0.29, 0.717) is 0 Å². The Hall–Kier alpha value is -0.330. The lowest BCUT2D eigenvalue weighted by Gasteiger charge is -2.04. The molecule has 11 heavy (non-hydrogen) atoms. The fraction of sp³-hybridized carbons (Fsp3) is 0.900. The quantitative estimate of drug-likeness (QED) is 0.424. The van der Waals surface area contributed by atoms with Gasteiger partial charge >= 0.3 is 0 Å². The summed E-state index contributed by atoms with van der Waals surface area (Å²) in [5.41, 5.74) is 0.160. The van der Waals surface area contributed by atoms with E-state index in [4.69, 9.17) is 0 Å². The zero-order valence-corrected chi connectivity index (χ0v) is 7.44. The lowest BCUT2D eigenvalue weighted by atomic mass is 10.00. The minimum Gasteiger partial charge on any atom is -0.303 e. The second-order valence-electron chi connectivity index (χ2n) is 3.79. The largest absolute Gasteiger partial charge is 0.303 e. The van der Waals surface area contributed by atoms with Crippen LogP contribution >= 0.6 is 0 Å². The summed E-state index contributed by atoms with van der Waals surface area (Å²) in [6, 6.07) is 0. The van der Waals surface area contributed by atoms with Crippen molar-refractivity contribution in [2.45, 2.75) is 51.9 Å². The summed E-state index contributed by atoms with van der Waals surface area (Å²) in [5.74, 6) is 0. The monoisotopic (exact) mass is 154 g/mol. The SMILES string of the molecule is CCCCCCC1(C=O)CC1. The fourth-order valence-corrected chi connectivity index (χ4v) is 1.49. The predicted octanol–water partition coefficient (Wildman–Crippen LogP) is 2.94. The van der Waals surface area contributed by atoms with Gasteiger partial charge in [-0.1, -0.05) is 32.6 Å². The molecular formula is C10H18O. The first kappa shape index (κ1) is 8.76. The van der Waals surface area contributed by atoms with Crippen LogP contribution in [0.1, 0.15) is 51.9 Å². The van der Waals surface area contributed by atoms with Crippen LogP contribution in [0.4, 0.5) is 0 Å².